The lowest BCUT2D eigenvalue weighted by Gasteiger charge is -2.13. The first-order valence-corrected chi connectivity index (χ1v) is 11.5. The Balaban J connectivity index is 1.58. The van der Waals surface area contributed by atoms with Gasteiger partial charge in [0.2, 0.25) is 0 Å². The monoisotopic (exact) mass is 474 g/mol. The van der Waals surface area contributed by atoms with Gasteiger partial charge in [0.1, 0.15) is 11.5 Å². The number of sulfonamides is 1. The van der Waals surface area contributed by atoms with Crippen molar-refractivity contribution in [3.05, 3.63) is 82.9 Å². The van der Waals surface area contributed by atoms with E-state index in [4.69, 9.17) is 21.1 Å². The number of hydrogen-bond acceptors (Lipinski definition) is 5. The minimum Gasteiger partial charge on any atom is -0.496 e. The van der Waals surface area contributed by atoms with Gasteiger partial charge in [0.25, 0.3) is 15.9 Å². The van der Waals surface area contributed by atoms with E-state index in [1.165, 1.54) is 18.2 Å². The summed E-state index contributed by atoms with van der Waals surface area (Å²) in [4.78, 5) is 12.2. The highest BCUT2D eigenvalue weighted by atomic mass is 35.5. The van der Waals surface area contributed by atoms with Crippen LogP contribution in [0.4, 0.5) is 5.69 Å². The SMILES string of the molecule is COc1ccccc1CNC(=O)COc1ccc(S(=O)(=O)Nc2ccc(Cl)cc2)cc1C. The van der Waals surface area contributed by atoms with Gasteiger partial charge in [-0.1, -0.05) is 29.8 Å². The summed E-state index contributed by atoms with van der Waals surface area (Å²) in [7, 11) is -2.21. The summed E-state index contributed by atoms with van der Waals surface area (Å²) in [6.07, 6.45) is 0. The number of halogens is 1. The molecule has 0 aliphatic carbocycles. The Labute approximate surface area is 192 Å². The van der Waals surface area contributed by atoms with Crippen LogP contribution in [0.25, 0.3) is 0 Å². The average molecular weight is 475 g/mol. The van der Waals surface area contributed by atoms with Crippen molar-refractivity contribution >= 4 is 33.2 Å². The van der Waals surface area contributed by atoms with Crippen LogP contribution in [0.1, 0.15) is 11.1 Å². The van der Waals surface area contributed by atoms with Crippen LogP contribution in [-0.2, 0) is 21.4 Å². The number of methoxy groups -OCH3 is 1. The Kier molecular flexibility index (Phi) is 7.61. The molecule has 32 heavy (non-hydrogen) atoms. The van der Waals surface area contributed by atoms with E-state index in [1.807, 2.05) is 24.3 Å². The Bertz CT molecular complexity index is 1200. The molecule has 0 bridgehead atoms. The molecule has 0 atom stereocenters. The van der Waals surface area contributed by atoms with Gasteiger partial charge >= 0.3 is 0 Å². The molecular weight excluding hydrogens is 452 g/mol. The molecule has 7 nitrogen and oxygen atoms in total. The first kappa shape index (κ1) is 23.4. The smallest absolute Gasteiger partial charge is 0.261 e. The highest BCUT2D eigenvalue weighted by molar-refractivity contribution is 7.92. The number of rotatable bonds is 9. The van der Waals surface area contributed by atoms with Crippen LogP contribution in [0.3, 0.4) is 0 Å². The second kappa shape index (κ2) is 10.4. The maximum absolute atomic E-state index is 12.6. The zero-order valence-corrected chi connectivity index (χ0v) is 19.2. The fourth-order valence-electron chi connectivity index (χ4n) is 2.92. The molecule has 0 fully saturated rings. The number of ether oxygens (including phenoxy) is 2. The molecule has 0 radical (unpaired) electrons. The number of carbonyl (C=O) groups excluding carboxylic acids is 1. The predicted octanol–water partition coefficient (Wildman–Crippen LogP) is 4.15. The van der Waals surface area contributed by atoms with Crippen molar-refractivity contribution in [2.24, 2.45) is 0 Å². The normalized spacial score (nSPS) is 11.0. The van der Waals surface area contributed by atoms with E-state index in [1.54, 1.807) is 38.3 Å². The van der Waals surface area contributed by atoms with Gasteiger partial charge in [-0.05, 0) is 61.0 Å². The molecule has 3 aromatic rings. The van der Waals surface area contributed by atoms with Crippen LogP contribution in [0, 0.1) is 6.92 Å². The number of benzene rings is 3. The highest BCUT2D eigenvalue weighted by Crippen LogP contribution is 2.24. The maximum atomic E-state index is 12.6. The van der Waals surface area contributed by atoms with Gasteiger partial charge in [-0.3, -0.25) is 9.52 Å². The molecule has 3 rings (SSSR count). The molecule has 0 spiro atoms. The van der Waals surface area contributed by atoms with E-state index in [2.05, 4.69) is 10.0 Å². The molecule has 0 aliphatic rings. The number of hydrogen-bond donors (Lipinski definition) is 2. The molecule has 0 heterocycles. The largest absolute Gasteiger partial charge is 0.496 e. The fourth-order valence-corrected chi connectivity index (χ4v) is 4.19. The average Bonchev–Trinajstić information content (AvgIpc) is 2.78. The molecule has 168 valence electrons. The van der Waals surface area contributed by atoms with Crippen molar-refractivity contribution in [3.8, 4) is 11.5 Å². The number of anilines is 1. The number of amides is 1. The molecule has 0 aliphatic heterocycles. The standard InChI is InChI=1S/C23H23ClN2O5S/c1-16-13-20(32(28,29)26-19-9-7-18(24)8-10-19)11-12-21(16)31-15-23(27)25-14-17-5-3-4-6-22(17)30-2/h3-13,26H,14-15H2,1-2H3,(H,25,27). The van der Waals surface area contributed by atoms with Crippen LogP contribution < -0.4 is 19.5 Å². The van der Waals surface area contributed by atoms with Crippen molar-refractivity contribution in [2.75, 3.05) is 18.4 Å². The van der Waals surface area contributed by atoms with Crippen LogP contribution in [0.5, 0.6) is 11.5 Å². The molecule has 1 amide bonds. The summed E-state index contributed by atoms with van der Waals surface area (Å²) in [6, 6.07) is 18.2. The van der Waals surface area contributed by atoms with E-state index in [9.17, 15) is 13.2 Å². The summed E-state index contributed by atoms with van der Waals surface area (Å²) < 4.78 is 38.6. The van der Waals surface area contributed by atoms with Gasteiger partial charge in [-0.25, -0.2) is 8.42 Å². The lowest BCUT2D eigenvalue weighted by molar-refractivity contribution is -0.123. The van der Waals surface area contributed by atoms with E-state index >= 15 is 0 Å². The molecule has 9 heteroatoms. The summed E-state index contributed by atoms with van der Waals surface area (Å²) in [5.74, 6) is 0.799. The summed E-state index contributed by atoms with van der Waals surface area (Å²) >= 11 is 5.83. The summed E-state index contributed by atoms with van der Waals surface area (Å²) in [5.41, 5.74) is 1.84. The Morgan fingerprint density at radius 2 is 1.72 bits per heavy atom. The quantitative estimate of drug-likeness (QED) is 0.486. The third-order valence-corrected chi connectivity index (χ3v) is 6.21. The second-order valence-corrected chi connectivity index (χ2v) is 9.04. The van der Waals surface area contributed by atoms with Gasteiger partial charge in [-0.2, -0.15) is 0 Å². The Morgan fingerprint density at radius 3 is 2.41 bits per heavy atom. The minimum atomic E-state index is -3.78. The van der Waals surface area contributed by atoms with Crippen LogP contribution in [0.2, 0.25) is 5.02 Å². The van der Waals surface area contributed by atoms with Crippen molar-refractivity contribution in [1.82, 2.24) is 5.32 Å². The zero-order valence-electron chi connectivity index (χ0n) is 17.6. The first-order chi connectivity index (χ1) is 15.3. The summed E-state index contributed by atoms with van der Waals surface area (Å²) in [6.45, 7) is 1.81. The van der Waals surface area contributed by atoms with Crippen LogP contribution in [0.15, 0.2) is 71.6 Å². The molecule has 0 saturated carbocycles. The molecule has 0 aromatic heterocycles. The second-order valence-electron chi connectivity index (χ2n) is 6.92. The molecule has 0 unspecified atom stereocenters. The van der Waals surface area contributed by atoms with Crippen molar-refractivity contribution in [1.29, 1.82) is 0 Å². The Morgan fingerprint density at radius 1 is 1.00 bits per heavy atom. The van der Waals surface area contributed by atoms with Crippen molar-refractivity contribution in [2.45, 2.75) is 18.4 Å². The fraction of sp³-hybridized carbons (Fsp3) is 0.174. The predicted molar refractivity (Wildman–Crippen MR) is 124 cm³/mol. The number of aryl methyl sites for hydroxylation is 1. The topological polar surface area (TPSA) is 93.7 Å². The highest BCUT2D eigenvalue weighted by Gasteiger charge is 2.16. The van der Waals surface area contributed by atoms with E-state index in [0.29, 0.717) is 34.3 Å². The first-order valence-electron chi connectivity index (χ1n) is 9.69. The van der Waals surface area contributed by atoms with Crippen molar-refractivity contribution < 1.29 is 22.7 Å². The summed E-state index contributed by atoms with van der Waals surface area (Å²) in [5, 5.41) is 3.28. The van der Waals surface area contributed by atoms with Gasteiger partial charge < -0.3 is 14.8 Å². The van der Waals surface area contributed by atoms with Gasteiger partial charge in [0.15, 0.2) is 6.61 Å². The molecular formula is C23H23ClN2O5S. The Hall–Kier alpha value is -3.23. The van der Waals surface area contributed by atoms with Gasteiger partial charge in [0, 0.05) is 22.8 Å². The number of carbonyl (C=O) groups is 1. The lowest BCUT2D eigenvalue weighted by Crippen LogP contribution is -2.28. The van der Waals surface area contributed by atoms with Crippen molar-refractivity contribution in [3.63, 3.8) is 0 Å². The maximum Gasteiger partial charge on any atom is 0.261 e. The number of para-hydroxylation sites is 1. The lowest BCUT2D eigenvalue weighted by atomic mass is 10.2. The molecule has 0 saturated heterocycles. The van der Waals surface area contributed by atoms with E-state index < -0.39 is 10.0 Å². The molecule has 2 N–H and O–H groups in total. The van der Waals surface area contributed by atoms with E-state index in [0.717, 1.165) is 5.56 Å². The third-order valence-electron chi connectivity index (χ3n) is 4.58. The van der Waals surface area contributed by atoms with Crippen LogP contribution in [-0.4, -0.2) is 28.0 Å². The van der Waals surface area contributed by atoms with Gasteiger partial charge in [-0.15, -0.1) is 0 Å². The zero-order chi connectivity index (χ0) is 23.1. The molecule has 3 aromatic carbocycles. The third kappa shape index (κ3) is 6.15. The van der Waals surface area contributed by atoms with Crippen LogP contribution >= 0.6 is 11.6 Å². The van der Waals surface area contributed by atoms with Gasteiger partial charge in [0.05, 0.1) is 12.0 Å². The minimum absolute atomic E-state index is 0.0814. The number of nitrogens with one attached hydrogen (secondary N) is 2. The van der Waals surface area contributed by atoms with E-state index in [-0.39, 0.29) is 17.4 Å².